The molecule has 23 heavy (non-hydrogen) atoms. The predicted octanol–water partition coefficient (Wildman–Crippen LogP) is 2.55. The van der Waals surface area contributed by atoms with Crippen molar-refractivity contribution in [2.24, 2.45) is 5.84 Å². The van der Waals surface area contributed by atoms with Gasteiger partial charge in [0, 0.05) is 16.7 Å². The number of anilines is 1. The van der Waals surface area contributed by atoms with Gasteiger partial charge >= 0.3 is 0 Å². The van der Waals surface area contributed by atoms with Crippen LogP contribution in [0.3, 0.4) is 0 Å². The molecular formula is C16H18BrN3O3. The number of ether oxygens (including phenoxy) is 2. The van der Waals surface area contributed by atoms with Gasteiger partial charge in [0.1, 0.15) is 18.1 Å². The summed E-state index contributed by atoms with van der Waals surface area (Å²) in [5.41, 5.74) is 3.29. The third-order valence-corrected chi connectivity index (χ3v) is 3.60. The molecule has 122 valence electrons. The second kappa shape index (κ2) is 8.40. The second-order valence-corrected chi connectivity index (χ2v) is 5.53. The number of methoxy groups -OCH3 is 1. The van der Waals surface area contributed by atoms with E-state index in [0.29, 0.717) is 24.4 Å². The number of carbonyl (C=O) groups excluding carboxylic acids is 1. The third-order valence-electron chi connectivity index (χ3n) is 3.10. The normalized spacial score (nSPS) is 10.0. The molecule has 7 heteroatoms. The van der Waals surface area contributed by atoms with Crippen LogP contribution in [0.2, 0.25) is 0 Å². The minimum Gasteiger partial charge on any atom is -0.497 e. The summed E-state index contributed by atoms with van der Waals surface area (Å²) in [7, 11) is 1.62. The fourth-order valence-electron chi connectivity index (χ4n) is 1.96. The lowest BCUT2D eigenvalue weighted by atomic mass is 10.1. The fourth-order valence-corrected chi connectivity index (χ4v) is 2.32. The van der Waals surface area contributed by atoms with Crippen molar-refractivity contribution in [3.8, 4) is 11.5 Å². The summed E-state index contributed by atoms with van der Waals surface area (Å²) in [5.74, 6) is 6.38. The number of hydrazine groups is 1. The quantitative estimate of drug-likeness (QED) is 0.298. The summed E-state index contributed by atoms with van der Waals surface area (Å²) in [6.07, 6.45) is 0. The second-order valence-electron chi connectivity index (χ2n) is 4.61. The number of carbonyl (C=O) groups is 1. The number of hydrogen-bond donors (Lipinski definition) is 3. The maximum absolute atomic E-state index is 11.8. The van der Waals surface area contributed by atoms with Crippen molar-refractivity contribution < 1.29 is 14.3 Å². The Labute approximate surface area is 143 Å². The van der Waals surface area contributed by atoms with Gasteiger partial charge in [-0.05, 0) is 42.5 Å². The number of hydrogen-bond acceptors (Lipinski definition) is 5. The molecule has 0 spiro atoms. The first-order chi connectivity index (χ1) is 11.1. The zero-order valence-corrected chi connectivity index (χ0v) is 14.2. The summed E-state index contributed by atoms with van der Waals surface area (Å²) < 4.78 is 11.5. The Morgan fingerprint density at radius 3 is 2.52 bits per heavy atom. The molecule has 0 aliphatic carbocycles. The van der Waals surface area contributed by atoms with Gasteiger partial charge in [-0.2, -0.15) is 0 Å². The highest BCUT2D eigenvalue weighted by Gasteiger charge is 2.10. The minimum absolute atomic E-state index is 0.357. The average molecular weight is 380 g/mol. The number of benzene rings is 2. The van der Waals surface area contributed by atoms with Gasteiger partial charge in [-0.25, -0.2) is 5.84 Å². The van der Waals surface area contributed by atoms with Crippen LogP contribution in [0.5, 0.6) is 11.5 Å². The van der Waals surface area contributed by atoms with Crippen LogP contribution in [0, 0.1) is 0 Å². The number of halogens is 1. The first-order valence-corrected chi connectivity index (χ1v) is 7.74. The van der Waals surface area contributed by atoms with Crippen LogP contribution in [0.25, 0.3) is 0 Å². The molecule has 0 fully saturated rings. The van der Waals surface area contributed by atoms with Gasteiger partial charge < -0.3 is 14.8 Å². The molecule has 0 heterocycles. The minimum atomic E-state index is -0.357. The molecule has 0 atom stereocenters. The monoisotopic (exact) mass is 379 g/mol. The molecule has 0 aliphatic rings. The van der Waals surface area contributed by atoms with Crippen molar-refractivity contribution in [3.63, 3.8) is 0 Å². The number of nitrogen functional groups attached to an aromatic ring is 1. The van der Waals surface area contributed by atoms with E-state index in [1.807, 2.05) is 36.4 Å². The zero-order valence-electron chi connectivity index (χ0n) is 12.6. The molecular weight excluding hydrogens is 362 g/mol. The summed E-state index contributed by atoms with van der Waals surface area (Å²) in [6.45, 7) is 0.991. The van der Waals surface area contributed by atoms with Crippen molar-refractivity contribution >= 4 is 27.5 Å². The molecule has 0 aromatic heterocycles. The van der Waals surface area contributed by atoms with Crippen molar-refractivity contribution in [1.29, 1.82) is 0 Å². The average Bonchev–Trinajstić information content (AvgIpc) is 2.59. The molecule has 6 nitrogen and oxygen atoms in total. The van der Waals surface area contributed by atoms with Gasteiger partial charge in [-0.3, -0.25) is 10.2 Å². The third kappa shape index (κ3) is 4.87. The molecule has 2 rings (SSSR count). The molecule has 2 aromatic carbocycles. The first kappa shape index (κ1) is 17.1. The lowest BCUT2D eigenvalue weighted by Crippen LogP contribution is -2.30. The van der Waals surface area contributed by atoms with Gasteiger partial charge in [-0.15, -0.1) is 0 Å². The SMILES string of the molecule is COc1ccc(OCCNc2ccc(Br)cc2C(=O)NN)cc1. The highest BCUT2D eigenvalue weighted by molar-refractivity contribution is 9.10. The molecule has 1 amide bonds. The van der Waals surface area contributed by atoms with E-state index in [1.165, 1.54) is 0 Å². The smallest absolute Gasteiger partial charge is 0.267 e. The Morgan fingerprint density at radius 2 is 1.87 bits per heavy atom. The maximum Gasteiger partial charge on any atom is 0.267 e. The lowest BCUT2D eigenvalue weighted by Gasteiger charge is -2.12. The van der Waals surface area contributed by atoms with E-state index >= 15 is 0 Å². The fraction of sp³-hybridized carbons (Fsp3) is 0.188. The van der Waals surface area contributed by atoms with Gasteiger partial charge in [0.15, 0.2) is 0 Å². The van der Waals surface area contributed by atoms with Gasteiger partial charge in [-0.1, -0.05) is 15.9 Å². The van der Waals surface area contributed by atoms with Crippen LogP contribution in [0.15, 0.2) is 46.9 Å². The van der Waals surface area contributed by atoms with E-state index in [2.05, 4.69) is 26.7 Å². The van der Waals surface area contributed by atoms with Gasteiger partial charge in [0.2, 0.25) is 0 Å². The molecule has 0 unspecified atom stereocenters. The number of amides is 1. The summed E-state index contributed by atoms with van der Waals surface area (Å²) in [5, 5.41) is 3.16. The van der Waals surface area contributed by atoms with Crippen molar-refractivity contribution in [3.05, 3.63) is 52.5 Å². The molecule has 2 aromatic rings. The van der Waals surface area contributed by atoms with Gasteiger partial charge in [0.05, 0.1) is 12.7 Å². The van der Waals surface area contributed by atoms with Crippen molar-refractivity contribution in [1.82, 2.24) is 5.43 Å². The Hall–Kier alpha value is -2.25. The number of nitrogens with two attached hydrogens (primary N) is 1. The highest BCUT2D eigenvalue weighted by Crippen LogP contribution is 2.21. The highest BCUT2D eigenvalue weighted by atomic mass is 79.9. The Kier molecular flexibility index (Phi) is 6.25. The van der Waals surface area contributed by atoms with E-state index in [1.54, 1.807) is 13.2 Å². The van der Waals surface area contributed by atoms with E-state index in [9.17, 15) is 4.79 Å². The van der Waals surface area contributed by atoms with E-state index in [-0.39, 0.29) is 5.91 Å². The van der Waals surface area contributed by atoms with Gasteiger partial charge in [0.25, 0.3) is 5.91 Å². The Bertz CT molecular complexity index is 662. The molecule has 0 aliphatic heterocycles. The molecule has 0 bridgehead atoms. The molecule has 4 N–H and O–H groups in total. The van der Waals surface area contributed by atoms with E-state index in [0.717, 1.165) is 16.0 Å². The van der Waals surface area contributed by atoms with E-state index < -0.39 is 0 Å². The maximum atomic E-state index is 11.8. The molecule has 0 radical (unpaired) electrons. The van der Waals surface area contributed by atoms with Crippen LogP contribution in [-0.2, 0) is 0 Å². The largest absolute Gasteiger partial charge is 0.497 e. The molecule has 0 saturated heterocycles. The number of nitrogens with one attached hydrogen (secondary N) is 2. The van der Waals surface area contributed by atoms with Crippen LogP contribution in [0.1, 0.15) is 10.4 Å². The predicted molar refractivity (Wildman–Crippen MR) is 92.8 cm³/mol. The standard InChI is InChI=1S/C16H18BrN3O3/c1-22-12-3-5-13(6-4-12)23-9-8-19-15-7-2-11(17)10-14(15)16(21)20-18/h2-7,10,19H,8-9,18H2,1H3,(H,20,21). The van der Waals surface area contributed by atoms with E-state index in [4.69, 9.17) is 15.3 Å². The summed E-state index contributed by atoms with van der Waals surface area (Å²) >= 11 is 3.33. The first-order valence-electron chi connectivity index (χ1n) is 6.95. The lowest BCUT2D eigenvalue weighted by molar-refractivity contribution is 0.0954. The summed E-state index contributed by atoms with van der Waals surface area (Å²) in [4.78, 5) is 11.8. The van der Waals surface area contributed by atoms with Crippen molar-refractivity contribution in [2.75, 3.05) is 25.6 Å². The van der Waals surface area contributed by atoms with Crippen LogP contribution in [-0.4, -0.2) is 26.2 Å². The summed E-state index contributed by atoms with van der Waals surface area (Å²) in [6, 6.07) is 12.7. The zero-order chi connectivity index (χ0) is 16.7. The van der Waals surface area contributed by atoms with Crippen LogP contribution >= 0.6 is 15.9 Å². The van der Waals surface area contributed by atoms with Crippen LogP contribution < -0.4 is 26.1 Å². The topological polar surface area (TPSA) is 85.6 Å². The number of rotatable bonds is 7. The Morgan fingerprint density at radius 1 is 1.17 bits per heavy atom. The Balaban J connectivity index is 1.89. The molecule has 0 saturated carbocycles. The van der Waals surface area contributed by atoms with Crippen LogP contribution in [0.4, 0.5) is 5.69 Å². The van der Waals surface area contributed by atoms with Crippen molar-refractivity contribution in [2.45, 2.75) is 0 Å².